The van der Waals surface area contributed by atoms with Crippen LogP contribution in [0.5, 0.6) is 0 Å². The largest absolute Gasteiger partial charge is 0.438 e. The Hall–Kier alpha value is -1.96. The zero-order valence-corrected chi connectivity index (χ0v) is 17.1. The first-order valence-corrected chi connectivity index (χ1v) is 9.94. The minimum Gasteiger partial charge on any atom is -0.438 e. The van der Waals surface area contributed by atoms with Gasteiger partial charge in [0.2, 0.25) is 0 Å². The monoisotopic (exact) mass is 451 g/mol. The molecular formula is C21H23BrFNO4. The predicted octanol–water partition coefficient (Wildman–Crippen LogP) is 4.13. The fraction of sp³-hybridized carbons (Fsp3) is 0.381. The molecule has 1 aliphatic heterocycles. The third-order valence-electron chi connectivity index (χ3n) is 5.24. The molecule has 2 N–H and O–H groups in total. The summed E-state index contributed by atoms with van der Waals surface area (Å²) >= 11 is 3.40. The number of nitrogens with zero attached hydrogens (tertiary/aromatic N) is 1. The first-order valence-electron chi connectivity index (χ1n) is 9.15. The number of carbonyl (C=O) groups excluding carboxylic acids is 1. The fourth-order valence-electron chi connectivity index (χ4n) is 3.61. The SMILES string of the molecule is CC(c1ccc(Br)cc1)N1CC[C@](C[C@H](O)CO)(c2ccc(F)cc2)OC1=O. The van der Waals surface area contributed by atoms with Gasteiger partial charge < -0.3 is 19.8 Å². The van der Waals surface area contributed by atoms with Gasteiger partial charge in [-0.25, -0.2) is 9.18 Å². The van der Waals surface area contributed by atoms with E-state index < -0.39 is 30.2 Å². The van der Waals surface area contributed by atoms with Crippen LogP contribution in [-0.4, -0.2) is 40.5 Å². The van der Waals surface area contributed by atoms with Crippen molar-refractivity contribution < 1.29 is 24.1 Å². The summed E-state index contributed by atoms with van der Waals surface area (Å²) in [5.41, 5.74) is 0.471. The Balaban J connectivity index is 1.84. The number of ether oxygens (including phenoxy) is 1. The second-order valence-corrected chi connectivity index (χ2v) is 8.00. The molecule has 5 nitrogen and oxygen atoms in total. The van der Waals surface area contributed by atoms with Gasteiger partial charge in [-0.2, -0.15) is 0 Å². The van der Waals surface area contributed by atoms with E-state index in [0.717, 1.165) is 10.0 Å². The molecular weight excluding hydrogens is 429 g/mol. The van der Waals surface area contributed by atoms with Gasteiger partial charge in [0.15, 0.2) is 0 Å². The first kappa shape index (κ1) is 20.8. The van der Waals surface area contributed by atoms with Crippen LogP contribution in [0, 0.1) is 5.82 Å². The minimum absolute atomic E-state index is 0.0430. The van der Waals surface area contributed by atoms with Crippen molar-refractivity contribution in [2.75, 3.05) is 13.2 Å². The van der Waals surface area contributed by atoms with E-state index in [-0.39, 0.29) is 12.5 Å². The number of amides is 1. The standard InChI is InChI=1S/C21H23BrFNO4/c1-14(15-2-6-17(22)7-3-15)24-11-10-21(28-20(24)27,12-19(26)13-25)16-4-8-18(23)9-5-16/h2-9,14,19,25-26H,10-13H2,1H3/t14?,19-,21-/m0/s1. The Kier molecular flexibility index (Phi) is 6.37. The van der Waals surface area contributed by atoms with Crippen LogP contribution in [0.4, 0.5) is 9.18 Å². The topological polar surface area (TPSA) is 70.0 Å². The number of carbonyl (C=O) groups is 1. The Morgan fingerprint density at radius 3 is 2.43 bits per heavy atom. The van der Waals surface area contributed by atoms with Crippen molar-refractivity contribution in [3.05, 3.63) is 69.9 Å². The highest BCUT2D eigenvalue weighted by atomic mass is 79.9. The molecule has 2 aromatic rings. The second kappa shape index (κ2) is 8.59. The van der Waals surface area contributed by atoms with E-state index in [4.69, 9.17) is 4.74 Å². The van der Waals surface area contributed by atoms with Gasteiger partial charge in [0.1, 0.15) is 11.4 Å². The summed E-state index contributed by atoms with van der Waals surface area (Å²) in [6, 6.07) is 13.2. The molecule has 7 heteroatoms. The van der Waals surface area contributed by atoms with Crippen molar-refractivity contribution in [3.8, 4) is 0 Å². The molecule has 0 bridgehead atoms. The number of aliphatic hydroxyl groups is 2. The van der Waals surface area contributed by atoms with E-state index in [1.165, 1.54) is 12.1 Å². The molecule has 1 saturated heterocycles. The van der Waals surface area contributed by atoms with Crippen molar-refractivity contribution in [2.45, 2.75) is 37.5 Å². The number of hydrogen-bond acceptors (Lipinski definition) is 4. The Morgan fingerprint density at radius 1 is 1.21 bits per heavy atom. The average Bonchev–Trinajstić information content (AvgIpc) is 2.68. The molecule has 150 valence electrons. The number of rotatable bonds is 6. The van der Waals surface area contributed by atoms with E-state index in [0.29, 0.717) is 18.5 Å². The molecule has 1 aliphatic rings. The lowest BCUT2D eigenvalue weighted by atomic mass is 9.83. The van der Waals surface area contributed by atoms with Crippen LogP contribution in [0.2, 0.25) is 0 Å². The number of cyclic esters (lactones) is 1. The highest BCUT2D eigenvalue weighted by Crippen LogP contribution is 2.40. The van der Waals surface area contributed by atoms with Crippen LogP contribution in [0.1, 0.15) is 36.9 Å². The summed E-state index contributed by atoms with van der Waals surface area (Å²) in [5, 5.41) is 19.3. The lowest BCUT2D eigenvalue weighted by Gasteiger charge is -2.44. The molecule has 1 fully saturated rings. The van der Waals surface area contributed by atoms with Crippen LogP contribution in [0.25, 0.3) is 0 Å². The number of aliphatic hydroxyl groups excluding tert-OH is 2. The van der Waals surface area contributed by atoms with E-state index in [1.54, 1.807) is 17.0 Å². The Morgan fingerprint density at radius 2 is 1.86 bits per heavy atom. The molecule has 0 spiro atoms. The second-order valence-electron chi connectivity index (χ2n) is 7.08. The highest BCUT2D eigenvalue weighted by Gasteiger charge is 2.44. The quantitative estimate of drug-likeness (QED) is 0.692. The molecule has 3 atom stereocenters. The van der Waals surface area contributed by atoms with Crippen molar-refractivity contribution >= 4 is 22.0 Å². The van der Waals surface area contributed by atoms with Gasteiger partial charge in [-0.3, -0.25) is 0 Å². The maximum atomic E-state index is 13.4. The van der Waals surface area contributed by atoms with Crippen LogP contribution >= 0.6 is 15.9 Å². The van der Waals surface area contributed by atoms with Gasteiger partial charge in [0, 0.05) is 23.9 Å². The highest BCUT2D eigenvalue weighted by molar-refractivity contribution is 9.10. The first-order chi connectivity index (χ1) is 13.3. The molecule has 28 heavy (non-hydrogen) atoms. The molecule has 0 aliphatic carbocycles. The number of benzene rings is 2. The van der Waals surface area contributed by atoms with Crippen molar-refractivity contribution in [1.82, 2.24) is 4.90 Å². The van der Waals surface area contributed by atoms with Crippen molar-refractivity contribution in [1.29, 1.82) is 0 Å². The van der Waals surface area contributed by atoms with E-state index in [2.05, 4.69) is 15.9 Å². The molecule has 0 radical (unpaired) electrons. The molecule has 1 amide bonds. The third kappa shape index (κ3) is 4.37. The molecule has 1 heterocycles. The van der Waals surface area contributed by atoms with Gasteiger partial charge in [-0.15, -0.1) is 0 Å². The maximum absolute atomic E-state index is 13.4. The maximum Gasteiger partial charge on any atom is 0.411 e. The lowest BCUT2D eigenvalue weighted by molar-refractivity contribution is -0.0892. The van der Waals surface area contributed by atoms with Gasteiger partial charge in [0.25, 0.3) is 0 Å². The van der Waals surface area contributed by atoms with E-state index >= 15 is 0 Å². The zero-order chi connectivity index (χ0) is 20.3. The summed E-state index contributed by atoms with van der Waals surface area (Å²) in [6.45, 7) is 1.89. The third-order valence-corrected chi connectivity index (χ3v) is 5.77. The molecule has 0 aromatic heterocycles. The fourth-order valence-corrected chi connectivity index (χ4v) is 3.87. The molecule has 1 unspecified atom stereocenters. The van der Waals surface area contributed by atoms with Gasteiger partial charge in [-0.1, -0.05) is 40.2 Å². The Labute approximate surface area is 171 Å². The van der Waals surface area contributed by atoms with E-state index in [1.807, 2.05) is 31.2 Å². The smallest absolute Gasteiger partial charge is 0.411 e. The lowest BCUT2D eigenvalue weighted by Crippen LogP contribution is -2.50. The number of hydrogen-bond donors (Lipinski definition) is 2. The molecule has 3 rings (SSSR count). The van der Waals surface area contributed by atoms with Gasteiger partial charge in [-0.05, 0) is 42.3 Å². The summed E-state index contributed by atoms with van der Waals surface area (Å²) in [6.07, 6.45) is -1.09. The van der Waals surface area contributed by atoms with Crippen LogP contribution in [-0.2, 0) is 10.3 Å². The van der Waals surface area contributed by atoms with Gasteiger partial charge >= 0.3 is 6.09 Å². The Bertz CT molecular complexity index is 814. The van der Waals surface area contributed by atoms with Crippen LogP contribution in [0.15, 0.2) is 53.0 Å². The molecule has 0 saturated carbocycles. The minimum atomic E-state index is -1.11. The molecule has 2 aromatic carbocycles. The zero-order valence-electron chi connectivity index (χ0n) is 15.5. The number of halogens is 2. The van der Waals surface area contributed by atoms with Crippen LogP contribution in [0.3, 0.4) is 0 Å². The van der Waals surface area contributed by atoms with Crippen LogP contribution < -0.4 is 0 Å². The summed E-state index contributed by atoms with van der Waals surface area (Å²) in [4.78, 5) is 14.5. The van der Waals surface area contributed by atoms with Crippen molar-refractivity contribution in [3.63, 3.8) is 0 Å². The summed E-state index contributed by atoms with van der Waals surface area (Å²) in [7, 11) is 0. The average molecular weight is 452 g/mol. The van der Waals surface area contributed by atoms with E-state index in [9.17, 15) is 19.4 Å². The predicted molar refractivity (Wildman–Crippen MR) is 106 cm³/mol. The van der Waals surface area contributed by atoms with Gasteiger partial charge in [0.05, 0.1) is 18.8 Å². The summed E-state index contributed by atoms with van der Waals surface area (Å²) in [5.74, 6) is -0.394. The summed E-state index contributed by atoms with van der Waals surface area (Å²) < 4.78 is 20.2. The normalized spacial score (nSPS) is 21.9. The van der Waals surface area contributed by atoms with Crippen molar-refractivity contribution in [2.24, 2.45) is 0 Å².